The standard InChI is InChI=1S/C100H66N2/c1-97(2)81-29-13-5-21-69(81)77-49-45-63(55-89(77)97)59-37-41-61(42-38-59)93-94(62-43-39-60(40-44-62)64-46-50-78-70-22-6-14-30-82(70)98(3,4)90(78)56-64)102-96-68(66-48-52-80-76-28-12-20-36-88(76)100(92(80)58-66)85-33-17-9-25-73(85)74-26-10-18-34-86(74)100)54-53-67(95(96)101-93)65-47-51-79-75-27-11-19-35-87(75)99(91(79)57-65)83-31-15-7-23-71(83)72-24-8-16-32-84(72)99/h5-58H,1-4H3. The van der Waals surface area contributed by atoms with Crippen LogP contribution in [-0.4, -0.2) is 9.97 Å². The molecule has 0 bridgehead atoms. The molecule has 15 aromatic carbocycles. The van der Waals surface area contributed by atoms with Crippen LogP contribution in [-0.2, 0) is 21.7 Å². The highest BCUT2D eigenvalue weighted by Crippen LogP contribution is 2.66. The fourth-order valence-electron chi connectivity index (χ4n) is 19.9. The molecule has 0 unspecified atom stereocenters. The van der Waals surface area contributed by atoms with E-state index in [2.05, 4.69) is 355 Å². The molecule has 6 aliphatic rings. The van der Waals surface area contributed by atoms with Crippen molar-refractivity contribution in [1.29, 1.82) is 0 Å². The Morgan fingerprint density at radius 3 is 0.676 bits per heavy atom. The maximum atomic E-state index is 6.20. The molecule has 2 nitrogen and oxygen atoms in total. The van der Waals surface area contributed by atoms with Gasteiger partial charge in [0.15, 0.2) is 0 Å². The van der Waals surface area contributed by atoms with E-state index < -0.39 is 10.8 Å². The highest BCUT2D eigenvalue weighted by atomic mass is 14.8. The molecule has 0 radical (unpaired) electrons. The smallest absolute Gasteiger partial charge is 0.0979 e. The molecule has 22 rings (SSSR count). The fourth-order valence-corrected chi connectivity index (χ4v) is 19.9. The van der Waals surface area contributed by atoms with Gasteiger partial charge in [-0.2, -0.15) is 0 Å². The van der Waals surface area contributed by atoms with Crippen LogP contribution in [0.5, 0.6) is 0 Å². The Balaban J connectivity index is 0.780. The van der Waals surface area contributed by atoms with Gasteiger partial charge in [0.25, 0.3) is 0 Å². The van der Waals surface area contributed by atoms with Gasteiger partial charge in [-0.25, -0.2) is 9.97 Å². The Bertz CT molecular complexity index is 5860. The lowest BCUT2D eigenvalue weighted by molar-refractivity contribution is 0.660. The van der Waals surface area contributed by atoms with E-state index in [1.807, 2.05) is 0 Å². The van der Waals surface area contributed by atoms with E-state index in [9.17, 15) is 0 Å². The largest absolute Gasteiger partial charge is 0.243 e. The third kappa shape index (κ3) is 7.48. The summed E-state index contributed by atoms with van der Waals surface area (Å²) in [5.41, 5.74) is 44.4. The maximum absolute atomic E-state index is 6.20. The van der Waals surface area contributed by atoms with E-state index in [0.29, 0.717) is 0 Å². The number of hydrogen-bond donors (Lipinski definition) is 0. The van der Waals surface area contributed by atoms with Gasteiger partial charge in [0.2, 0.25) is 0 Å². The summed E-state index contributed by atoms with van der Waals surface area (Å²) in [6.07, 6.45) is 0. The minimum atomic E-state index is -0.530. The lowest BCUT2D eigenvalue weighted by Gasteiger charge is -2.31. The van der Waals surface area contributed by atoms with Crippen molar-refractivity contribution in [2.45, 2.75) is 49.4 Å². The third-order valence-electron chi connectivity index (χ3n) is 24.6. The summed E-state index contributed by atoms with van der Waals surface area (Å²) < 4.78 is 0. The number of aromatic nitrogens is 2. The molecule has 102 heavy (non-hydrogen) atoms. The Kier molecular flexibility index (Phi) is 11.6. The summed E-state index contributed by atoms with van der Waals surface area (Å²) in [4.78, 5) is 12.4. The third-order valence-corrected chi connectivity index (χ3v) is 24.6. The molecule has 1 aromatic heterocycles. The Morgan fingerprint density at radius 2 is 0.373 bits per heavy atom. The van der Waals surface area contributed by atoms with Crippen LogP contribution in [0, 0.1) is 0 Å². The van der Waals surface area contributed by atoms with Gasteiger partial charge in [0.1, 0.15) is 0 Å². The van der Waals surface area contributed by atoms with E-state index in [1.165, 1.54) is 145 Å². The lowest BCUT2D eigenvalue weighted by atomic mass is 9.70. The van der Waals surface area contributed by atoms with Gasteiger partial charge in [-0.3, -0.25) is 0 Å². The Morgan fingerprint density at radius 1 is 0.167 bits per heavy atom. The number of nitrogens with zero attached hydrogens (tertiary/aromatic N) is 2. The Labute approximate surface area is 594 Å². The molecular weight excluding hydrogens is 1230 g/mol. The zero-order valence-electron chi connectivity index (χ0n) is 57.1. The zero-order valence-corrected chi connectivity index (χ0v) is 57.1. The molecule has 1 heterocycles. The van der Waals surface area contributed by atoms with E-state index >= 15 is 0 Å². The van der Waals surface area contributed by atoms with E-state index in [4.69, 9.17) is 9.97 Å². The highest BCUT2D eigenvalue weighted by molar-refractivity contribution is 6.06. The van der Waals surface area contributed by atoms with Crippen LogP contribution in [0.4, 0.5) is 0 Å². The summed E-state index contributed by atoms with van der Waals surface area (Å²) >= 11 is 0. The molecule has 2 heteroatoms. The fraction of sp³-hybridized carbons (Fsp3) is 0.0800. The molecule has 0 saturated carbocycles. The predicted molar refractivity (Wildman–Crippen MR) is 420 cm³/mol. The van der Waals surface area contributed by atoms with Gasteiger partial charge in [0.05, 0.1) is 33.3 Å². The van der Waals surface area contributed by atoms with Gasteiger partial charge in [-0.05, 0) is 191 Å². The topological polar surface area (TPSA) is 25.8 Å². The quantitative estimate of drug-likeness (QED) is 0.166. The van der Waals surface area contributed by atoms with Crippen molar-refractivity contribution in [3.63, 3.8) is 0 Å². The number of hydrogen-bond acceptors (Lipinski definition) is 2. The summed E-state index contributed by atoms with van der Waals surface area (Å²) in [5.74, 6) is 0. The summed E-state index contributed by atoms with van der Waals surface area (Å²) in [5, 5.41) is 0. The van der Waals surface area contributed by atoms with Crippen LogP contribution >= 0.6 is 0 Å². The molecule has 0 aliphatic heterocycles. The molecule has 2 spiro atoms. The average molecular weight is 1300 g/mol. The molecule has 476 valence electrons. The first-order valence-corrected chi connectivity index (χ1v) is 36.0. The van der Waals surface area contributed by atoms with Crippen LogP contribution in [0.15, 0.2) is 328 Å². The minimum absolute atomic E-state index is 0.123. The van der Waals surface area contributed by atoms with Gasteiger partial charge in [-0.15, -0.1) is 0 Å². The maximum Gasteiger partial charge on any atom is 0.0979 e. The van der Waals surface area contributed by atoms with E-state index in [-0.39, 0.29) is 10.8 Å². The second-order valence-electron chi connectivity index (χ2n) is 30.1. The molecule has 0 saturated heterocycles. The molecular formula is C100H66N2. The van der Waals surface area contributed by atoms with Gasteiger partial charge < -0.3 is 0 Å². The molecule has 16 aromatic rings. The van der Waals surface area contributed by atoms with E-state index in [0.717, 1.165) is 66.9 Å². The first-order chi connectivity index (χ1) is 50.1. The number of fused-ring (bicyclic) bond motifs is 27. The minimum Gasteiger partial charge on any atom is -0.243 e. The lowest BCUT2D eigenvalue weighted by Crippen LogP contribution is -2.25. The number of benzene rings is 15. The van der Waals surface area contributed by atoms with Gasteiger partial charge >= 0.3 is 0 Å². The van der Waals surface area contributed by atoms with Crippen LogP contribution in [0.2, 0.25) is 0 Å². The van der Waals surface area contributed by atoms with Crippen LogP contribution in [0.3, 0.4) is 0 Å². The van der Waals surface area contributed by atoms with Crippen molar-refractivity contribution in [3.05, 3.63) is 394 Å². The molecule has 6 aliphatic carbocycles. The highest BCUT2D eigenvalue weighted by Gasteiger charge is 2.53. The number of rotatable bonds is 6. The van der Waals surface area contributed by atoms with Crippen LogP contribution in [0.1, 0.15) is 94.5 Å². The van der Waals surface area contributed by atoms with Crippen LogP contribution < -0.4 is 0 Å². The first-order valence-electron chi connectivity index (χ1n) is 36.0. The van der Waals surface area contributed by atoms with Crippen molar-refractivity contribution in [2.75, 3.05) is 0 Å². The van der Waals surface area contributed by atoms with Crippen LogP contribution in [0.25, 0.3) is 145 Å². The van der Waals surface area contributed by atoms with E-state index in [1.54, 1.807) is 0 Å². The monoisotopic (exact) mass is 1290 g/mol. The summed E-state index contributed by atoms with van der Waals surface area (Å²) in [6.45, 7) is 9.45. The Hall–Kier alpha value is -12.4. The molecule has 0 amide bonds. The second kappa shape index (κ2) is 20.6. The predicted octanol–water partition coefficient (Wildman–Crippen LogP) is 24.9. The zero-order chi connectivity index (χ0) is 67.5. The van der Waals surface area contributed by atoms with Crippen molar-refractivity contribution in [2.24, 2.45) is 0 Å². The molecule has 0 N–H and O–H groups in total. The van der Waals surface area contributed by atoms with Crippen molar-refractivity contribution >= 4 is 11.0 Å². The summed E-state index contributed by atoms with van der Waals surface area (Å²) in [7, 11) is 0. The summed E-state index contributed by atoms with van der Waals surface area (Å²) in [6, 6.07) is 124. The molecule has 0 atom stereocenters. The van der Waals surface area contributed by atoms with Crippen molar-refractivity contribution in [3.8, 4) is 134 Å². The van der Waals surface area contributed by atoms with Crippen molar-refractivity contribution in [1.82, 2.24) is 9.97 Å². The van der Waals surface area contributed by atoms with Gasteiger partial charge in [0, 0.05) is 33.1 Å². The average Bonchev–Trinajstić information content (AvgIpc) is 1.51. The molecule has 0 fully saturated rings. The second-order valence-corrected chi connectivity index (χ2v) is 30.1. The first kappa shape index (κ1) is 57.5. The SMILES string of the molecule is CC1(C)c2ccccc2-c2ccc(-c3ccc(-c4nc5c(-c6ccc7c(c6)C6(c8ccccc8-c8ccccc86)c6ccccc6-7)ccc(-c6ccc7c(c6)C6(c8ccccc8-c8ccccc86)c6ccccc6-7)c5nc4-c4ccc(-c5ccc6c(c5)C(C)(C)c5ccccc5-6)cc4)cc3)cc21. The van der Waals surface area contributed by atoms with Gasteiger partial charge in [-0.1, -0.05) is 331 Å². The normalized spacial score (nSPS) is 15.0. The van der Waals surface area contributed by atoms with Crippen molar-refractivity contribution < 1.29 is 0 Å².